The Hall–Kier alpha value is -3.32. The molecule has 6 nitrogen and oxygen atoms in total. The first-order valence-electron chi connectivity index (χ1n) is 9.07. The Labute approximate surface area is 172 Å². The fraction of sp³-hybridized carbons (Fsp3) is 0.136. The molecule has 0 atom stereocenters. The second-order valence-electron chi connectivity index (χ2n) is 6.27. The van der Waals surface area contributed by atoms with Gasteiger partial charge in [0, 0.05) is 12.1 Å². The van der Waals surface area contributed by atoms with Gasteiger partial charge in [0.1, 0.15) is 17.1 Å². The van der Waals surface area contributed by atoms with Crippen molar-refractivity contribution < 1.29 is 13.9 Å². The molecule has 0 spiro atoms. The molecule has 4 aromatic rings. The predicted octanol–water partition coefficient (Wildman–Crippen LogP) is 4.53. The molecule has 146 valence electrons. The molecule has 2 aromatic carbocycles. The normalized spacial score (nSPS) is 10.8. The molecule has 0 saturated heterocycles. The van der Waals surface area contributed by atoms with Gasteiger partial charge in [-0.1, -0.05) is 60.3 Å². The van der Waals surface area contributed by atoms with Gasteiger partial charge in [0.2, 0.25) is 0 Å². The Morgan fingerprint density at radius 3 is 2.48 bits per heavy atom. The van der Waals surface area contributed by atoms with Gasteiger partial charge in [-0.3, -0.25) is 4.57 Å². The quantitative estimate of drug-likeness (QED) is 0.332. The summed E-state index contributed by atoms with van der Waals surface area (Å²) in [5.74, 6) is 1.42. The van der Waals surface area contributed by atoms with E-state index in [9.17, 15) is 4.79 Å². The van der Waals surface area contributed by atoms with E-state index in [1.807, 2.05) is 53.1 Å². The van der Waals surface area contributed by atoms with E-state index < -0.39 is 5.97 Å². The highest BCUT2D eigenvalue weighted by Crippen LogP contribution is 2.28. The number of benzene rings is 2. The summed E-state index contributed by atoms with van der Waals surface area (Å²) in [7, 11) is 1.36. The Balaban J connectivity index is 1.63. The minimum atomic E-state index is -0.413. The van der Waals surface area contributed by atoms with Crippen molar-refractivity contribution in [1.29, 1.82) is 0 Å². The number of esters is 1. The van der Waals surface area contributed by atoms with Crippen molar-refractivity contribution in [2.24, 2.45) is 0 Å². The van der Waals surface area contributed by atoms with E-state index in [4.69, 9.17) is 9.15 Å². The lowest BCUT2D eigenvalue weighted by Crippen LogP contribution is -2.04. The number of nitrogens with zero attached hydrogens (tertiary/aromatic N) is 3. The van der Waals surface area contributed by atoms with Gasteiger partial charge in [-0.2, -0.15) is 0 Å². The summed E-state index contributed by atoms with van der Waals surface area (Å²) >= 11 is 1.46. The van der Waals surface area contributed by atoms with E-state index in [1.54, 1.807) is 6.07 Å². The predicted molar refractivity (Wildman–Crippen MR) is 110 cm³/mol. The summed E-state index contributed by atoms with van der Waals surface area (Å²) in [6.45, 7) is 0. The van der Waals surface area contributed by atoms with E-state index in [1.165, 1.54) is 25.1 Å². The molecule has 0 unspecified atom stereocenters. The monoisotopic (exact) mass is 405 g/mol. The van der Waals surface area contributed by atoms with Crippen LogP contribution in [-0.2, 0) is 16.9 Å². The Bertz CT molecular complexity index is 1090. The van der Waals surface area contributed by atoms with Gasteiger partial charge in [-0.25, -0.2) is 4.79 Å². The number of furan rings is 1. The van der Waals surface area contributed by atoms with Gasteiger partial charge in [0.05, 0.1) is 19.1 Å². The molecule has 2 aromatic heterocycles. The second kappa shape index (κ2) is 8.79. The largest absolute Gasteiger partial charge is 0.468 e. The highest BCUT2D eigenvalue weighted by atomic mass is 32.2. The number of thioether (sulfide) groups is 1. The second-order valence-corrected chi connectivity index (χ2v) is 7.21. The molecule has 2 heterocycles. The van der Waals surface area contributed by atoms with Crippen molar-refractivity contribution in [1.82, 2.24) is 14.8 Å². The molecule has 0 bridgehead atoms. The number of rotatable bonds is 7. The minimum absolute atomic E-state index is 0.413. The third-order valence-corrected chi connectivity index (χ3v) is 5.33. The number of aromatic nitrogens is 3. The van der Waals surface area contributed by atoms with Crippen LogP contribution >= 0.6 is 11.8 Å². The van der Waals surface area contributed by atoms with Crippen molar-refractivity contribution in [3.8, 4) is 5.69 Å². The lowest BCUT2D eigenvalue weighted by molar-refractivity contribution is 0.0598. The SMILES string of the molecule is COC(=O)c1ccoc1CSc1nnc(Cc2ccccc2)n1-c1ccccc1. The number of ether oxygens (including phenoxy) is 1. The maximum Gasteiger partial charge on any atom is 0.341 e. The zero-order valence-electron chi connectivity index (χ0n) is 15.8. The molecular weight excluding hydrogens is 386 g/mol. The van der Waals surface area contributed by atoms with Gasteiger partial charge in [-0.15, -0.1) is 10.2 Å². The van der Waals surface area contributed by atoms with Crippen molar-refractivity contribution in [2.75, 3.05) is 7.11 Å². The van der Waals surface area contributed by atoms with Crippen LogP contribution < -0.4 is 0 Å². The molecule has 0 aliphatic rings. The summed E-state index contributed by atoms with van der Waals surface area (Å²) in [5, 5.41) is 9.56. The molecule has 0 amide bonds. The van der Waals surface area contributed by atoms with Crippen molar-refractivity contribution in [3.05, 3.63) is 95.7 Å². The lowest BCUT2D eigenvalue weighted by Gasteiger charge is -2.10. The van der Waals surface area contributed by atoms with E-state index in [0.29, 0.717) is 23.5 Å². The van der Waals surface area contributed by atoms with Crippen LogP contribution in [0.1, 0.15) is 27.5 Å². The van der Waals surface area contributed by atoms with Gasteiger partial charge in [0.25, 0.3) is 0 Å². The number of para-hydroxylation sites is 1. The standard InChI is InChI=1S/C22H19N3O3S/c1-27-21(26)18-12-13-28-19(18)15-29-22-24-23-20(14-16-8-4-2-5-9-16)25(22)17-10-6-3-7-11-17/h2-13H,14-15H2,1H3. The summed E-state index contributed by atoms with van der Waals surface area (Å²) in [5.41, 5.74) is 2.57. The van der Waals surface area contributed by atoms with Crippen molar-refractivity contribution in [2.45, 2.75) is 17.3 Å². The fourth-order valence-electron chi connectivity index (χ4n) is 3.00. The van der Waals surface area contributed by atoms with E-state index in [-0.39, 0.29) is 0 Å². The van der Waals surface area contributed by atoms with Gasteiger partial charge < -0.3 is 9.15 Å². The van der Waals surface area contributed by atoms with Gasteiger partial charge in [-0.05, 0) is 23.8 Å². The van der Waals surface area contributed by atoms with Crippen LogP contribution in [0, 0.1) is 0 Å². The highest BCUT2D eigenvalue weighted by Gasteiger charge is 2.19. The van der Waals surface area contributed by atoms with Crippen LogP contribution in [0.4, 0.5) is 0 Å². The van der Waals surface area contributed by atoms with Gasteiger partial charge >= 0.3 is 5.97 Å². The first-order valence-corrected chi connectivity index (χ1v) is 10.1. The number of carbonyl (C=O) groups is 1. The molecule has 0 radical (unpaired) electrons. The van der Waals surface area contributed by atoms with E-state index in [2.05, 4.69) is 22.3 Å². The van der Waals surface area contributed by atoms with Crippen molar-refractivity contribution in [3.63, 3.8) is 0 Å². The third kappa shape index (κ3) is 4.25. The average molecular weight is 405 g/mol. The van der Waals surface area contributed by atoms with Crippen molar-refractivity contribution >= 4 is 17.7 Å². The molecule has 29 heavy (non-hydrogen) atoms. The molecular formula is C22H19N3O3S. The fourth-order valence-corrected chi connectivity index (χ4v) is 3.92. The highest BCUT2D eigenvalue weighted by molar-refractivity contribution is 7.98. The van der Waals surface area contributed by atoms with Crippen LogP contribution in [0.2, 0.25) is 0 Å². The Kier molecular flexibility index (Phi) is 5.76. The zero-order chi connectivity index (χ0) is 20.1. The minimum Gasteiger partial charge on any atom is -0.468 e. The number of hydrogen-bond acceptors (Lipinski definition) is 6. The molecule has 0 saturated carbocycles. The molecule has 7 heteroatoms. The topological polar surface area (TPSA) is 70.2 Å². The Morgan fingerprint density at radius 1 is 1.03 bits per heavy atom. The number of methoxy groups -OCH3 is 1. The summed E-state index contributed by atoms with van der Waals surface area (Å²) in [6.07, 6.45) is 2.16. The molecule has 0 aliphatic carbocycles. The molecule has 0 aliphatic heterocycles. The van der Waals surface area contributed by atoms with Crippen LogP contribution in [0.3, 0.4) is 0 Å². The molecule has 0 fully saturated rings. The summed E-state index contributed by atoms with van der Waals surface area (Å²) in [4.78, 5) is 11.9. The summed E-state index contributed by atoms with van der Waals surface area (Å²) < 4.78 is 12.3. The molecule has 4 rings (SSSR count). The Morgan fingerprint density at radius 2 is 1.76 bits per heavy atom. The van der Waals surface area contributed by atoms with Crippen LogP contribution in [0.25, 0.3) is 5.69 Å². The van der Waals surface area contributed by atoms with Crippen LogP contribution in [0.15, 0.2) is 82.6 Å². The first kappa shape index (κ1) is 19.0. The molecule has 0 N–H and O–H groups in total. The number of carbonyl (C=O) groups excluding carboxylic acids is 1. The number of hydrogen-bond donors (Lipinski definition) is 0. The average Bonchev–Trinajstić information content (AvgIpc) is 3.40. The zero-order valence-corrected chi connectivity index (χ0v) is 16.6. The summed E-state index contributed by atoms with van der Waals surface area (Å²) in [6, 6.07) is 21.8. The van der Waals surface area contributed by atoms with Crippen LogP contribution in [-0.4, -0.2) is 27.8 Å². The third-order valence-electron chi connectivity index (χ3n) is 4.40. The maximum atomic E-state index is 11.9. The smallest absolute Gasteiger partial charge is 0.341 e. The lowest BCUT2D eigenvalue weighted by atomic mass is 10.1. The van der Waals surface area contributed by atoms with E-state index in [0.717, 1.165) is 22.2 Å². The first-order chi connectivity index (χ1) is 14.3. The van der Waals surface area contributed by atoms with Gasteiger partial charge in [0.15, 0.2) is 5.16 Å². The van der Waals surface area contributed by atoms with E-state index >= 15 is 0 Å². The maximum absolute atomic E-state index is 11.9. The van der Waals surface area contributed by atoms with Crippen LogP contribution in [0.5, 0.6) is 0 Å².